The maximum Gasteiger partial charge on any atom is 0.339 e. The van der Waals surface area contributed by atoms with E-state index in [2.05, 4.69) is 0 Å². The average Bonchev–Trinajstić information content (AvgIpc) is 2.43. The highest BCUT2D eigenvalue weighted by Crippen LogP contribution is 2.31. The molecule has 0 aliphatic heterocycles. The van der Waals surface area contributed by atoms with Crippen LogP contribution >= 0.6 is 0 Å². The van der Waals surface area contributed by atoms with Crippen molar-refractivity contribution < 1.29 is 15.0 Å². The van der Waals surface area contributed by atoms with Crippen molar-refractivity contribution in [2.45, 2.75) is 13.8 Å². The number of carboxylic acids is 1. The van der Waals surface area contributed by atoms with Crippen LogP contribution in [0.2, 0.25) is 0 Å². The lowest BCUT2D eigenvalue weighted by molar-refractivity contribution is 0.0694. The first-order valence-corrected chi connectivity index (χ1v) is 6.44. The highest BCUT2D eigenvalue weighted by molar-refractivity contribution is 5.92. The van der Waals surface area contributed by atoms with Gasteiger partial charge in [-0.15, -0.1) is 0 Å². The van der Waals surface area contributed by atoms with Crippen LogP contribution in [0.25, 0.3) is 0 Å². The Kier molecular flexibility index (Phi) is 3.94. The molecular weight excluding hydrogens is 254 g/mol. The SMILES string of the molecule is CCN(c1ccc(O)c(C(=O)O)c1)c1ccccc1C. The number of benzene rings is 2. The Bertz CT molecular complexity index is 637. The van der Waals surface area contributed by atoms with Gasteiger partial charge in [0.1, 0.15) is 11.3 Å². The molecule has 0 heterocycles. The zero-order chi connectivity index (χ0) is 14.7. The molecule has 0 bridgehead atoms. The van der Waals surface area contributed by atoms with Crippen molar-refractivity contribution in [1.82, 2.24) is 0 Å². The molecule has 4 nitrogen and oxygen atoms in total. The Hall–Kier alpha value is -2.49. The molecule has 0 spiro atoms. The van der Waals surface area contributed by atoms with Crippen LogP contribution in [-0.2, 0) is 0 Å². The van der Waals surface area contributed by atoms with Gasteiger partial charge in [0.25, 0.3) is 0 Å². The van der Waals surface area contributed by atoms with Crippen molar-refractivity contribution in [3.05, 3.63) is 53.6 Å². The number of phenols is 1. The summed E-state index contributed by atoms with van der Waals surface area (Å²) in [5, 5.41) is 18.7. The fraction of sp³-hybridized carbons (Fsp3) is 0.188. The summed E-state index contributed by atoms with van der Waals surface area (Å²) in [6, 6.07) is 12.5. The molecule has 104 valence electrons. The summed E-state index contributed by atoms with van der Waals surface area (Å²) in [4.78, 5) is 13.1. The van der Waals surface area contributed by atoms with E-state index >= 15 is 0 Å². The Balaban J connectivity index is 2.50. The van der Waals surface area contributed by atoms with E-state index in [1.54, 1.807) is 6.07 Å². The van der Waals surface area contributed by atoms with Gasteiger partial charge in [-0.1, -0.05) is 18.2 Å². The summed E-state index contributed by atoms with van der Waals surface area (Å²) in [5.74, 6) is -1.35. The lowest BCUT2D eigenvalue weighted by Gasteiger charge is -2.25. The predicted molar refractivity (Wildman–Crippen MR) is 78.9 cm³/mol. The van der Waals surface area contributed by atoms with Crippen LogP contribution in [0.4, 0.5) is 11.4 Å². The maximum absolute atomic E-state index is 11.1. The van der Waals surface area contributed by atoms with Gasteiger partial charge >= 0.3 is 5.97 Å². The maximum atomic E-state index is 11.1. The third-order valence-electron chi connectivity index (χ3n) is 3.24. The highest BCUT2D eigenvalue weighted by Gasteiger charge is 2.15. The molecule has 0 aromatic heterocycles. The van der Waals surface area contributed by atoms with E-state index < -0.39 is 5.97 Å². The monoisotopic (exact) mass is 271 g/mol. The minimum atomic E-state index is -1.13. The largest absolute Gasteiger partial charge is 0.507 e. The fourth-order valence-electron chi connectivity index (χ4n) is 2.22. The molecule has 0 saturated carbocycles. The van der Waals surface area contributed by atoms with Crippen molar-refractivity contribution in [2.75, 3.05) is 11.4 Å². The van der Waals surface area contributed by atoms with Crippen LogP contribution < -0.4 is 4.90 Å². The molecule has 4 heteroatoms. The Morgan fingerprint density at radius 3 is 2.50 bits per heavy atom. The van der Waals surface area contributed by atoms with Gasteiger partial charge in [-0.3, -0.25) is 0 Å². The van der Waals surface area contributed by atoms with Crippen molar-refractivity contribution in [3.63, 3.8) is 0 Å². The molecule has 2 aromatic carbocycles. The molecule has 0 atom stereocenters. The molecule has 20 heavy (non-hydrogen) atoms. The molecular formula is C16H17NO3. The van der Waals surface area contributed by atoms with Crippen LogP contribution in [0.1, 0.15) is 22.8 Å². The standard InChI is InChI=1S/C16H17NO3/c1-3-17(14-7-5-4-6-11(14)2)12-8-9-15(18)13(10-12)16(19)20/h4-10,18H,3H2,1-2H3,(H,19,20). The molecule has 2 N–H and O–H groups in total. The van der Waals surface area contributed by atoms with Gasteiger partial charge in [0.2, 0.25) is 0 Å². The number of hydrogen-bond donors (Lipinski definition) is 2. The smallest absolute Gasteiger partial charge is 0.339 e. The van der Waals surface area contributed by atoms with Crippen molar-refractivity contribution in [2.24, 2.45) is 0 Å². The number of aromatic carboxylic acids is 1. The number of nitrogens with zero attached hydrogens (tertiary/aromatic N) is 1. The van der Waals surface area contributed by atoms with Crippen LogP contribution in [0.3, 0.4) is 0 Å². The number of anilines is 2. The van der Waals surface area contributed by atoms with E-state index in [1.807, 2.05) is 43.0 Å². The lowest BCUT2D eigenvalue weighted by Crippen LogP contribution is -2.17. The van der Waals surface area contributed by atoms with Gasteiger partial charge in [-0.05, 0) is 43.7 Å². The quantitative estimate of drug-likeness (QED) is 0.892. The van der Waals surface area contributed by atoms with Gasteiger partial charge in [0, 0.05) is 17.9 Å². The van der Waals surface area contributed by atoms with E-state index in [-0.39, 0.29) is 11.3 Å². The first-order valence-electron chi connectivity index (χ1n) is 6.44. The van der Waals surface area contributed by atoms with Crippen LogP contribution in [0, 0.1) is 6.92 Å². The molecule has 0 radical (unpaired) electrons. The first-order chi connectivity index (χ1) is 9.54. The summed E-state index contributed by atoms with van der Waals surface area (Å²) < 4.78 is 0. The molecule has 0 saturated heterocycles. The van der Waals surface area contributed by atoms with Crippen LogP contribution in [0.15, 0.2) is 42.5 Å². The third-order valence-corrected chi connectivity index (χ3v) is 3.24. The van der Waals surface area contributed by atoms with E-state index in [0.717, 1.165) is 16.9 Å². The number of aryl methyl sites for hydroxylation is 1. The highest BCUT2D eigenvalue weighted by atomic mass is 16.4. The van der Waals surface area contributed by atoms with E-state index in [9.17, 15) is 9.90 Å². The minimum absolute atomic E-state index is 0.0884. The lowest BCUT2D eigenvalue weighted by atomic mass is 10.1. The molecule has 2 aromatic rings. The van der Waals surface area contributed by atoms with Crippen molar-refractivity contribution in [1.29, 1.82) is 0 Å². The van der Waals surface area contributed by atoms with E-state index in [4.69, 9.17) is 5.11 Å². The van der Waals surface area contributed by atoms with Crippen molar-refractivity contribution in [3.8, 4) is 5.75 Å². The first kappa shape index (κ1) is 13.9. The van der Waals surface area contributed by atoms with Gasteiger partial charge < -0.3 is 15.1 Å². The number of aromatic hydroxyl groups is 1. The number of carbonyl (C=O) groups is 1. The molecule has 0 amide bonds. The van der Waals surface area contributed by atoms with Gasteiger partial charge in [0.05, 0.1) is 0 Å². The second kappa shape index (κ2) is 5.65. The second-order valence-electron chi connectivity index (χ2n) is 4.54. The van der Waals surface area contributed by atoms with Gasteiger partial charge in [-0.2, -0.15) is 0 Å². The second-order valence-corrected chi connectivity index (χ2v) is 4.54. The predicted octanol–water partition coefficient (Wildman–Crippen LogP) is 3.56. The summed E-state index contributed by atoms with van der Waals surface area (Å²) in [6.07, 6.45) is 0. The summed E-state index contributed by atoms with van der Waals surface area (Å²) in [5.41, 5.74) is 2.79. The van der Waals surface area contributed by atoms with Crippen LogP contribution in [-0.4, -0.2) is 22.7 Å². The average molecular weight is 271 g/mol. The summed E-state index contributed by atoms with van der Waals surface area (Å²) in [7, 11) is 0. The normalized spacial score (nSPS) is 10.3. The zero-order valence-electron chi connectivity index (χ0n) is 11.5. The van der Waals surface area contributed by atoms with Crippen LogP contribution in [0.5, 0.6) is 5.75 Å². The molecule has 0 unspecified atom stereocenters. The summed E-state index contributed by atoms with van der Waals surface area (Å²) >= 11 is 0. The molecule has 0 fully saturated rings. The molecule has 2 rings (SSSR count). The molecule has 0 aliphatic rings. The number of para-hydroxylation sites is 1. The Morgan fingerprint density at radius 2 is 1.90 bits per heavy atom. The number of rotatable bonds is 4. The number of carboxylic acid groups (broad SMARTS) is 1. The topological polar surface area (TPSA) is 60.8 Å². The fourth-order valence-corrected chi connectivity index (χ4v) is 2.22. The van der Waals surface area contributed by atoms with Gasteiger partial charge in [-0.25, -0.2) is 4.79 Å². The van der Waals surface area contributed by atoms with E-state index in [1.165, 1.54) is 12.1 Å². The Morgan fingerprint density at radius 1 is 1.20 bits per heavy atom. The molecule has 0 aliphatic carbocycles. The zero-order valence-corrected chi connectivity index (χ0v) is 11.5. The van der Waals surface area contributed by atoms with Gasteiger partial charge in [0.15, 0.2) is 0 Å². The number of hydrogen-bond acceptors (Lipinski definition) is 3. The minimum Gasteiger partial charge on any atom is -0.507 e. The van der Waals surface area contributed by atoms with Crippen molar-refractivity contribution >= 4 is 17.3 Å². The Labute approximate surface area is 117 Å². The summed E-state index contributed by atoms with van der Waals surface area (Å²) in [6.45, 7) is 4.71. The third kappa shape index (κ3) is 2.59. The van der Waals surface area contributed by atoms with E-state index in [0.29, 0.717) is 6.54 Å².